The Kier molecular flexibility index (Phi) is 4.96. The Morgan fingerprint density at radius 3 is 2.26 bits per heavy atom. The molecule has 27 heavy (non-hydrogen) atoms. The van der Waals surface area contributed by atoms with Gasteiger partial charge in [-0.3, -0.25) is 4.31 Å². The van der Waals surface area contributed by atoms with Crippen LogP contribution in [0.25, 0.3) is 0 Å². The molecule has 0 bridgehead atoms. The number of hydrogen-bond acceptors (Lipinski definition) is 6. The number of nitrogens with zero attached hydrogens (tertiary/aromatic N) is 1. The van der Waals surface area contributed by atoms with Gasteiger partial charge in [-0.05, 0) is 55.3 Å². The molecule has 0 radical (unpaired) electrons. The maximum absolute atomic E-state index is 13.5. The lowest BCUT2D eigenvalue weighted by Crippen LogP contribution is -2.47. The summed E-state index contributed by atoms with van der Waals surface area (Å²) in [6, 6.07) is 10.0. The third kappa shape index (κ3) is 3.80. The first-order chi connectivity index (χ1) is 12.5. The zero-order chi connectivity index (χ0) is 20.0. The topological polar surface area (TPSA) is 118 Å². The van der Waals surface area contributed by atoms with Crippen molar-refractivity contribution in [3.63, 3.8) is 0 Å². The molecular weight excluding hydrogens is 388 g/mol. The minimum atomic E-state index is -4.12. The molecule has 1 saturated heterocycles. The molecule has 7 nitrogen and oxygen atoms in total. The van der Waals surface area contributed by atoms with Crippen LogP contribution < -0.4 is 10.0 Å². The molecular formula is C18H22N2O5S2. The van der Waals surface area contributed by atoms with Crippen LogP contribution in [0.2, 0.25) is 0 Å². The van der Waals surface area contributed by atoms with Crippen molar-refractivity contribution in [3.8, 4) is 0 Å². The predicted molar refractivity (Wildman–Crippen MR) is 105 cm³/mol. The number of sulfone groups is 1. The number of rotatable bonds is 4. The van der Waals surface area contributed by atoms with Gasteiger partial charge in [-0.1, -0.05) is 12.1 Å². The van der Waals surface area contributed by atoms with Crippen LogP contribution in [0.1, 0.15) is 11.1 Å². The maximum Gasteiger partial charge on any atom is 0.264 e. The van der Waals surface area contributed by atoms with E-state index >= 15 is 0 Å². The second kappa shape index (κ2) is 6.81. The van der Waals surface area contributed by atoms with Gasteiger partial charge in [0, 0.05) is 5.69 Å². The summed E-state index contributed by atoms with van der Waals surface area (Å²) >= 11 is 0. The van der Waals surface area contributed by atoms with Gasteiger partial charge in [-0.25, -0.2) is 16.8 Å². The molecule has 0 unspecified atom stereocenters. The minimum absolute atomic E-state index is 0.0795. The Bertz CT molecular complexity index is 1060. The number of aryl methyl sites for hydroxylation is 2. The van der Waals surface area contributed by atoms with Gasteiger partial charge in [-0.2, -0.15) is 0 Å². The Morgan fingerprint density at radius 1 is 1.07 bits per heavy atom. The summed E-state index contributed by atoms with van der Waals surface area (Å²) in [4.78, 5) is 0.0795. The van der Waals surface area contributed by atoms with Crippen LogP contribution in [-0.4, -0.2) is 45.6 Å². The average Bonchev–Trinajstić information content (AvgIpc) is 2.84. The quantitative estimate of drug-likeness (QED) is 0.732. The smallest absolute Gasteiger partial charge is 0.264 e. The molecule has 0 aliphatic carbocycles. The van der Waals surface area contributed by atoms with E-state index in [1.807, 2.05) is 0 Å². The number of anilines is 2. The lowest BCUT2D eigenvalue weighted by Gasteiger charge is -2.32. The fraction of sp³-hybridized carbons (Fsp3) is 0.333. The molecule has 2 aromatic rings. The number of nitrogens with two attached hydrogens (primary N) is 1. The fourth-order valence-electron chi connectivity index (χ4n) is 3.26. The van der Waals surface area contributed by atoms with Crippen LogP contribution in [0.3, 0.4) is 0 Å². The molecule has 0 spiro atoms. The number of nitrogen functional groups attached to an aromatic ring is 1. The van der Waals surface area contributed by atoms with E-state index in [4.69, 9.17) is 5.73 Å². The second-order valence-corrected chi connectivity index (χ2v) is 10.8. The molecule has 1 heterocycles. The lowest BCUT2D eigenvalue weighted by atomic mass is 10.2. The highest BCUT2D eigenvalue weighted by molar-refractivity contribution is 7.93. The van der Waals surface area contributed by atoms with Crippen molar-refractivity contribution in [1.29, 1.82) is 0 Å². The van der Waals surface area contributed by atoms with Gasteiger partial charge >= 0.3 is 0 Å². The van der Waals surface area contributed by atoms with E-state index in [-0.39, 0.29) is 10.6 Å². The average molecular weight is 411 g/mol. The standard InChI is InChI=1S/C18H22N2O5S2/c1-12-3-4-13(2)18(9-12)27(24,25)20(15-7-5-14(19)6-8-15)16-10-26(22,23)11-17(16)21/h3-9,16-17,21H,10-11,19H2,1-2H3/t16-,17+/m1/s1. The van der Waals surface area contributed by atoms with Crippen LogP contribution in [-0.2, 0) is 19.9 Å². The molecule has 146 valence electrons. The van der Waals surface area contributed by atoms with E-state index in [2.05, 4.69) is 0 Å². The van der Waals surface area contributed by atoms with Crippen LogP contribution >= 0.6 is 0 Å². The maximum atomic E-state index is 13.5. The number of benzene rings is 2. The molecule has 3 rings (SSSR count). The number of sulfonamides is 1. The van der Waals surface area contributed by atoms with Crippen molar-refractivity contribution in [1.82, 2.24) is 0 Å². The zero-order valence-electron chi connectivity index (χ0n) is 15.0. The number of hydrogen-bond donors (Lipinski definition) is 2. The zero-order valence-corrected chi connectivity index (χ0v) is 16.7. The van der Waals surface area contributed by atoms with Crippen molar-refractivity contribution in [3.05, 3.63) is 53.6 Å². The molecule has 0 amide bonds. The third-order valence-corrected chi connectivity index (χ3v) is 8.32. The van der Waals surface area contributed by atoms with Gasteiger partial charge in [0.25, 0.3) is 10.0 Å². The molecule has 1 aliphatic rings. The highest BCUT2D eigenvalue weighted by atomic mass is 32.2. The molecule has 0 saturated carbocycles. The monoisotopic (exact) mass is 410 g/mol. The van der Waals surface area contributed by atoms with Gasteiger partial charge in [0.05, 0.1) is 34.2 Å². The van der Waals surface area contributed by atoms with E-state index in [0.717, 1.165) is 9.87 Å². The minimum Gasteiger partial charge on any atom is -0.399 e. The van der Waals surface area contributed by atoms with Gasteiger partial charge in [-0.15, -0.1) is 0 Å². The van der Waals surface area contributed by atoms with Crippen LogP contribution in [0.15, 0.2) is 47.4 Å². The Balaban J connectivity index is 2.20. The molecule has 3 N–H and O–H groups in total. The van der Waals surface area contributed by atoms with Gasteiger partial charge in [0.1, 0.15) is 0 Å². The summed E-state index contributed by atoms with van der Waals surface area (Å²) in [6.07, 6.45) is -1.31. The molecule has 2 atom stereocenters. The Hall–Kier alpha value is -2.10. The van der Waals surface area contributed by atoms with Gasteiger partial charge in [0.2, 0.25) is 0 Å². The van der Waals surface area contributed by atoms with E-state index in [9.17, 15) is 21.9 Å². The van der Waals surface area contributed by atoms with E-state index < -0.39 is 43.5 Å². The van der Waals surface area contributed by atoms with Crippen molar-refractivity contribution in [2.75, 3.05) is 21.5 Å². The second-order valence-electron chi connectivity index (χ2n) is 6.87. The number of aliphatic hydroxyl groups is 1. The summed E-state index contributed by atoms with van der Waals surface area (Å²) < 4.78 is 52.1. The van der Waals surface area contributed by atoms with E-state index in [0.29, 0.717) is 11.3 Å². The van der Waals surface area contributed by atoms with E-state index in [1.165, 1.54) is 24.3 Å². The SMILES string of the molecule is Cc1ccc(C)c(S(=O)(=O)N(c2ccc(N)cc2)[C@@H]2CS(=O)(=O)C[C@@H]2O)c1. The number of aliphatic hydroxyl groups excluding tert-OH is 1. The Labute approximate surface area is 159 Å². The molecule has 2 aromatic carbocycles. The fourth-order valence-corrected chi connectivity index (χ4v) is 7.11. The van der Waals surface area contributed by atoms with Gasteiger partial charge in [0.15, 0.2) is 9.84 Å². The summed E-state index contributed by atoms with van der Waals surface area (Å²) in [7, 11) is -7.67. The first-order valence-corrected chi connectivity index (χ1v) is 11.6. The summed E-state index contributed by atoms with van der Waals surface area (Å²) in [5.74, 6) is -0.909. The lowest BCUT2D eigenvalue weighted by molar-refractivity contribution is 0.184. The normalized spacial score (nSPS) is 21.9. The first kappa shape index (κ1) is 19.7. The van der Waals surface area contributed by atoms with E-state index in [1.54, 1.807) is 32.0 Å². The van der Waals surface area contributed by atoms with Crippen molar-refractivity contribution < 1.29 is 21.9 Å². The molecule has 9 heteroatoms. The highest BCUT2D eigenvalue weighted by Crippen LogP contribution is 2.33. The van der Waals surface area contributed by atoms with Crippen LogP contribution in [0.5, 0.6) is 0 Å². The molecule has 1 aliphatic heterocycles. The van der Waals surface area contributed by atoms with Gasteiger partial charge < -0.3 is 10.8 Å². The summed E-state index contributed by atoms with van der Waals surface area (Å²) in [5, 5.41) is 10.3. The van der Waals surface area contributed by atoms with Crippen molar-refractivity contribution >= 4 is 31.2 Å². The van der Waals surface area contributed by atoms with Crippen molar-refractivity contribution in [2.24, 2.45) is 0 Å². The third-order valence-electron chi connectivity index (χ3n) is 4.62. The molecule has 1 fully saturated rings. The predicted octanol–water partition coefficient (Wildman–Crippen LogP) is 1.24. The highest BCUT2D eigenvalue weighted by Gasteiger charge is 2.45. The van der Waals surface area contributed by atoms with Crippen LogP contribution in [0, 0.1) is 13.8 Å². The summed E-state index contributed by atoms with van der Waals surface area (Å²) in [6.45, 7) is 3.45. The van der Waals surface area contributed by atoms with Crippen LogP contribution in [0.4, 0.5) is 11.4 Å². The summed E-state index contributed by atoms with van der Waals surface area (Å²) in [5.41, 5.74) is 7.70. The Morgan fingerprint density at radius 2 is 1.70 bits per heavy atom. The van der Waals surface area contributed by atoms with Crippen molar-refractivity contribution in [2.45, 2.75) is 30.9 Å². The first-order valence-electron chi connectivity index (χ1n) is 8.37. The molecule has 0 aromatic heterocycles. The largest absolute Gasteiger partial charge is 0.399 e.